The maximum Gasteiger partial charge on any atom is 0.573 e. The first-order valence-electron chi connectivity index (χ1n) is 10.6. The van der Waals surface area contributed by atoms with E-state index < -0.39 is 45.4 Å². The number of hydrogen-bond acceptors (Lipinski definition) is 3. The topological polar surface area (TPSA) is 67.4 Å². The van der Waals surface area contributed by atoms with Crippen LogP contribution in [0.2, 0.25) is 5.02 Å². The third-order valence-corrected chi connectivity index (χ3v) is 7.63. The van der Waals surface area contributed by atoms with Gasteiger partial charge in [-0.15, -0.1) is 13.2 Å². The first-order chi connectivity index (χ1) is 17.2. The summed E-state index contributed by atoms with van der Waals surface area (Å²) in [5.74, 6) is -3.02. The predicted molar refractivity (Wildman–Crippen MR) is 133 cm³/mol. The van der Waals surface area contributed by atoms with Gasteiger partial charge in [-0.2, -0.15) is 0 Å². The highest BCUT2D eigenvalue weighted by molar-refractivity contribution is 6.54. The summed E-state index contributed by atoms with van der Waals surface area (Å²) in [6.07, 6.45) is -4.84. The zero-order chi connectivity index (χ0) is 27.2. The molecule has 0 heterocycles. The molecule has 1 saturated carbocycles. The third kappa shape index (κ3) is 5.49. The average Bonchev–Trinajstić information content (AvgIpc) is 3.28. The smallest absolute Gasteiger partial charge is 0.406 e. The van der Waals surface area contributed by atoms with Gasteiger partial charge in [0.15, 0.2) is 0 Å². The number of carbonyl (C=O) groups is 2. The van der Waals surface area contributed by atoms with E-state index in [1.54, 1.807) is 6.92 Å². The van der Waals surface area contributed by atoms with Crippen LogP contribution in [0.15, 0.2) is 66.7 Å². The molecule has 0 unspecified atom stereocenters. The van der Waals surface area contributed by atoms with Crippen LogP contribution < -0.4 is 15.4 Å². The molecule has 5 nitrogen and oxygen atoms in total. The molecule has 194 valence electrons. The first-order valence-corrected chi connectivity index (χ1v) is 11.8. The van der Waals surface area contributed by atoms with Gasteiger partial charge < -0.3 is 15.4 Å². The molecule has 2 atom stereocenters. The largest absolute Gasteiger partial charge is 0.573 e. The quantitative estimate of drug-likeness (QED) is 0.239. The maximum absolute atomic E-state index is 13.1. The van der Waals surface area contributed by atoms with Crippen LogP contribution in [0.5, 0.6) is 5.75 Å². The number of alkyl halides is 5. The third-order valence-electron chi connectivity index (χ3n) is 6.08. The number of amides is 2. The van der Waals surface area contributed by atoms with Crippen molar-refractivity contribution in [3.8, 4) is 5.75 Å². The van der Waals surface area contributed by atoms with Crippen LogP contribution in [-0.2, 0) is 10.2 Å². The Morgan fingerprint density at radius 1 is 0.919 bits per heavy atom. The molecule has 0 bridgehead atoms. The molecular formula is C25H17Cl3F4N2O3. The van der Waals surface area contributed by atoms with E-state index in [-0.39, 0.29) is 16.3 Å². The molecular weight excluding hydrogens is 559 g/mol. The summed E-state index contributed by atoms with van der Waals surface area (Å²) in [5.41, 5.74) is -0.0720. The predicted octanol–water partition coefficient (Wildman–Crippen LogP) is 7.33. The van der Waals surface area contributed by atoms with Crippen LogP contribution in [0.25, 0.3) is 0 Å². The van der Waals surface area contributed by atoms with Gasteiger partial charge in [-0.1, -0.05) is 53.9 Å². The highest BCUT2D eigenvalue weighted by atomic mass is 35.5. The second-order valence-corrected chi connectivity index (χ2v) is 10.3. The van der Waals surface area contributed by atoms with Gasteiger partial charge in [0.05, 0.1) is 16.5 Å². The van der Waals surface area contributed by atoms with Gasteiger partial charge >= 0.3 is 6.36 Å². The Bertz CT molecular complexity index is 1350. The van der Waals surface area contributed by atoms with Crippen molar-refractivity contribution in [1.82, 2.24) is 0 Å². The van der Waals surface area contributed by atoms with Crippen molar-refractivity contribution in [2.45, 2.75) is 23.0 Å². The Labute approximate surface area is 223 Å². The Hall–Kier alpha value is -3.01. The molecule has 0 spiro atoms. The summed E-state index contributed by atoms with van der Waals surface area (Å²) in [6, 6.07) is 14.3. The summed E-state index contributed by atoms with van der Waals surface area (Å²) >= 11 is 19.1. The summed E-state index contributed by atoms with van der Waals surface area (Å²) < 4.78 is 52.8. The van der Waals surface area contributed by atoms with Gasteiger partial charge in [-0.3, -0.25) is 9.59 Å². The lowest BCUT2D eigenvalue weighted by Crippen LogP contribution is -2.20. The van der Waals surface area contributed by atoms with Crippen LogP contribution in [0.3, 0.4) is 0 Å². The van der Waals surface area contributed by atoms with Gasteiger partial charge in [-0.05, 0) is 60.2 Å². The van der Waals surface area contributed by atoms with Crippen LogP contribution in [0, 0.1) is 11.7 Å². The number of carbonyl (C=O) groups excluding carboxylic acids is 2. The van der Waals surface area contributed by atoms with Gasteiger partial charge in [0.1, 0.15) is 15.9 Å². The average molecular weight is 576 g/mol. The molecule has 37 heavy (non-hydrogen) atoms. The molecule has 2 amide bonds. The van der Waals surface area contributed by atoms with Gasteiger partial charge in [-0.25, -0.2) is 4.39 Å². The lowest BCUT2D eigenvalue weighted by atomic mass is 9.95. The minimum absolute atomic E-state index is 0.0469. The number of hydrogen-bond donors (Lipinski definition) is 2. The van der Waals surface area contributed by atoms with E-state index in [1.807, 2.05) is 0 Å². The molecule has 12 heteroatoms. The van der Waals surface area contributed by atoms with Crippen molar-refractivity contribution in [1.29, 1.82) is 0 Å². The molecule has 3 aromatic carbocycles. The Balaban J connectivity index is 1.50. The normalized spacial score (nSPS) is 20.2. The van der Waals surface area contributed by atoms with E-state index >= 15 is 0 Å². The Kier molecular flexibility index (Phi) is 7.09. The van der Waals surface area contributed by atoms with E-state index in [4.69, 9.17) is 34.8 Å². The molecule has 3 aromatic rings. The lowest BCUT2D eigenvalue weighted by Gasteiger charge is -2.15. The fourth-order valence-corrected chi connectivity index (χ4v) is 5.21. The summed E-state index contributed by atoms with van der Waals surface area (Å²) in [7, 11) is 0. The Morgan fingerprint density at radius 2 is 1.51 bits per heavy atom. The van der Waals surface area contributed by atoms with Gasteiger partial charge in [0.25, 0.3) is 5.91 Å². The number of anilines is 2. The van der Waals surface area contributed by atoms with E-state index in [1.165, 1.54) is 54.6 Å². The van der Waals surface area contributed by atoms with Crippen LogP contribution in [0.4, 0.5) is 28.9 Å². The van der Waals surface area contributed by atoms with E-state index in [9.17, 15) is 27.2 Å². The van der Waals surface area contributed by atoms with E-state index in [2.05, 4.69) is 15.4 Å². The van der Waals surface area contributed by atoms with Crippen molar-refractivity contribution in [2.75, 3.05) is 10.6 Å². The van der Waals surface area contributed by atoms with Crippen molar-refractivity contribution in [3.05, 3.63) is 88.7 Å². The molecule has 0 aromatic heterocycles. The standard InChI is InChI=1S/C25H17Cl3F4N2O3/c1-23(13-2-9-17(10-3-13)37-25(30,31)32)20(24(23,27)28)22(36)34-16-8-11-19(26)18(12-16)21(35)33-15-6-4-14(29)5-7-15/h2-12,20H,1H3,(H,33,35)(H,34,36)/t20-,23-/m1/s1. The molecule has 0 saturated heterocycles. The summed E-state index contributed by atoms with van der Waals surface area (Å²) in [5, 5.41) is 5.34. The number of halogens is 7. The minimum atomic E-state index is -4.84. The minimum Gasteiger partial charge on any atom is -0.406 e. The second kappa shape index (κ2) is 9.70. The van der Waals surface area contributed by atoms with Crippen molar-refractivity contribution < 1.29 is 31.9 Å². The molecule has 1 aliphatic rings. The lowest BCUT2D eigenvalue weighted by molar-refractivity contribution is -0.274. The zero-order valence-corrected chi connectivity index (χ0v) is 21.1. The van der Waals surface area contributed by atoms with Crippen LogP contribution in [0.1, 0.15) is 22.8 Å². The number of ether oxygens (including phenoxy) is 1. The number of rotatable bonds is 6. The van der Waals surface area contributed by atoms with Crippen molar-refractivity contribution >= 4 is 58.0 Å². The summed E-state index contributed by atoms with van der Waals surface area (Å²) in [6.45, 7) is 1.61. The molecule has 4 rings (SSSR count). The van der Waals surface area contributed by atoms with E-state index in [0.717, 1.165) is 12.1 Å². The SMILES string of the molecule is C[C@@]1(c2ccc(OC(F)(F)F)cc2)[C@@H](C(=O)Nc2ccc(Cl)c(C(=O)Nc3ccc(F)cc3)c2)C1(Cl)Cl. The number of benzene rings is 3. The van der Waals surface area contributed by atoms with Crippen LogP contribution >= 0.6 is 34.8 Å². The number of nitrogens with one attached hydrogen (secondary N) is 2. The maximum atomic E-state index is 13.1. The van der Waals surface area contributed by atoms with Crippen molar-refractivity contribution in [2.24, 2.45) is 5.92 Å². The fraction of sp³-hybridized carbons (Fsp3) is 0.200. The molecule has 2 N–H and O–H groups in total. The zero-order valence-electron chi connectivity index (χ0n) is 18.8. The van der Waals surface area contributed by atoms with Crippen LogP contribution in [-0.4, -0.2) is 22.5 Å². The van der Waals surface area contributed by atoms with E-state index in [0.29, 0.717) is 11.3 Å². The monoisotopic (exact) mass is 574 g/mol. The Morgan fingerprint density at radius 3 is 2.11 bits per heavy atom. The summed E-state index contributed by atoms with van der Waals surface area (Å²) in [4.78, 5) is 25.8. The van der Waals surface area contributed by atoms with Crippen molar-refractivity contribution in [3.63, 3.8) is 0 Å². The highest BCUT2D eigenvalue weighted by Crippen LogP contribution is 2.69. The molecule has 0 aliphatic heterocycles. The highest BCUT2D eigenvalue weighted by Gasteiger charge is 2.77. The van der Waals surface area contributed by atoms with Gasteiger partial charge in [0, 0.05) is 16.8 Å². The first kappa shape index (κ1) is 27.0. The van der Waals surface area contributed by atoms with Gasteiger partial charge in [0.2, 0.25) is 5.91 Å². The fourth-order valence-electron chi connectivity index (χ4n) is 4.04. The molecule has 1 aliphatic carbocycles. The molecule has 1 fully saturated rings. The second-order valence-electron chi connectivity index (χ2n) is 8.48. The molecule has 0 radical (unpaired) electrons.